The molecule has 19 heteroatoms. The Morgan fingerprint density at radius 1 is 0.450 bits per heavy atom. The van der Waals surface area contributed by atoms with Gasteiger partial charge < -0.3 is 0 Å². The van der Waals surface area contributed by atoms with Crippen LogP contribution in [-0.2, 0) is 12.3 Å². The Kier molecular flexibility index (Phi) is 8.49. The first-order valence-electron chi connectivity index (χ1n) is 9.86. The number of hydrogen-bond donors (Lipinski definition) is 0. The number of rotatable bonds is 9. The van der Waals surface area contributed by atoms with Crippen LogP contribution < -0.4 is 0 Å². The fraction of sp³-hybridized carbons (Fsp3) is 0.429. The Labute approximate surface area is 221 Å². The summed E-state index contributed by atoms with van der Waals surface area (Å²) in [6.07, 6.45) is -8.70. The van der Waals surface area contributed by atoms with E-state index in [-0.39, 0.29) is 16.7 Å². The third-order valence-electron chi connectivity index (χ3n) is 5.44. The van der Waals surface area contributed by atoms with Gasteiger partial charge in [-0.25, -0.2) is 0 Å². The lowest BCUT2D eigenvalue weighted by Gasteiger charge is -2.43. The van der Waals surface area contributed by atoms with Crippen molar-refractivity contribution in [1.29, 1.82) is 0 Å². The molecule has 0 radical (unpaired) electrons. The van der Waals surface area contributed by atoms with E-state index in [0.29, 0.717) is 12.1 Å². The lowest BCUT2D eigenvalue weighted by atomic mass is 9.85. The standard InChI is InChI=1S/C21H9Cl2F17/c22-11-4-1-9(2-5-11)7-10-3-6-12(23)8-13(10)14(24,25)15(26,27)16(28,29)17(30,31)18(32,33)19(34,35)20(36,37)21(38,39)40/h1-6,8H,7H2. The topological polar surface area (TPSA) is 0 Å². The highest BCUT2D eigenvalue weighted by Crippen LogP contribution is 2.65. The largest absolute Gasteiger partial charge is 0.460 e. The Hall–Kier alpha value is -2.17. The van der Waals surface area contributed by atoms with E-state index in [1.807, 2.05) is 0 Å². The second-order valence-corrected chi connectivity index (χ2v) is 9.00. The van der Waals surface area contributed by atoms with Crippen molar-refractivity contribution in [2.45, 2.75) is 54.1 Å². The van der Waals surface area contributed by atoms with E-state index in [0.717, 1.165) is 24.3 Å². The molecule has 2 rings (SSSR count). The molecule has 0 N–H and O–H groups in total. The molecule has 0 spiro atoms. The molecule has 0 unspecified atom stereocenters. The molecule has 0 saturated carbocycles. The molecule has 0 atom stereocenters. The average Bonchev–Trinajstić information content (AvgIpc) is 2.80. The number of alkyl halides is 17. The number of hydrogen-bond acceptors (Lipinski definition) is 0. The van der Waals surface area contributed by atoms with Crippen molar-refractivity contribution >= 4 is 23.2 Å². The number of benzene rings is 2. The van der Waals surface area contributed by atoms with Gasteiger partial charge in [0.15, 0.2) is 0 Å². The first-order valence-corrected chi connectivity index (χ1v) is 10.6. The Morgan fingerprint density at radius 3 is 1.25 bits per heavy atom. The van der Waals surface area contributed by atoms with Crippen molar-refractivity contribution in [3.8, 4) is 0 Å². The summed E-state index contributed by atoms with van der Waals surface area (Å²) in [5.74, 6) is -57.1. The zero-order valence-corrected chi connectivity index (χ0v) is 19.9. The second kappa shape index (κ2) is 9.98. The Bertz CT molecular complexity index is 1220. The molecule has 0 saturated heterocycles. The van der Waals surface area contributed by atoms with Gasteiger partial charge >= 0.3 is 47.6 Å². The van der Waals surface area contributed by atoms with Crippen LogP contribution >= 0.6 is 23.2 Å². The van der Waals surface area contributed by atoms with E-state index in [1.165, 1.54) is 0 Å². The Morgan fingerprint density at radius 2 is 0.825 bits per heavy atom. The summed E-state index contributed by atoms with van der Waals surface area (Å²) in [7, 11) is 0. The molecule has 0 aromatic heterocycles. The summed E-state index contributed by atoms with van der Waals surface area (Å²) in [4.78, 5) is 0. The summed E-state index contributed by atoms with van der Waals surface area (Å²) in [6, 6.07) is 5.44. The van der Waals surface area contributed by atoms with Gasteiger partial charge in [-0.3, -0.25) is 0 Å². The lowest BCUT2D eigenvalue weighted by molar-refractivity contribution is -0.462. The predicted molar refractivity (Wildman–Crippen MR) is 105 cm³/mol. The van der Waals surface area contributed by atoms with E-state index >= 15 is 0 Å². The van der Waals surface area contributed by atoms with Gasteiger partial charge in [-0.05, 0) is 41.8 Å². The minimum atomic E-state index is -8.69. The minimum absolute atomic E-state index is 0.0626. The summed E-state index contributed by atoms with van der Waals surface area (Å²) in [5.41, 5.74) is -3.48. The van der Waals surface area contributed by atoms with E-state index in [9.17, 15) is 74.6 Å². The predicted octanol–water partition coefficient (Wildman–Crippen LogP) is 10.1. The van der Waals surface area contributed by atoms with Gasteiger partial charge in [-0.2, -0.15) is 74.6 Å². The summed E-state index contributed by atoms with van der Waals surface area (Å²) in [6.45, 7) is 0. The highest BCUT2D eigenvalue weighted by molar-refractivity contribution is 6.30. The molecule has 0 bridgehead atoms. The van der Waals surface area contributed by atoms with Crippen LogP contribution in [0, 0.1) is 0 Å². The summed E-state index contributed by atoms with van der Waals surface area (Å²) >= 11 is 11.0. The molecule has 2 aromatic rings. The van der Waals surface area contributed by atoms with Crippen molar-refractivity contribution in [3.63, 3.8) is 0 Å². The third kappa shape index (κ3) is 4.94. The van der Waals surface area contributed by atoms with Gasteiger partial charge in [0.2, 0.25) is 0 Å². The fourth-order valence-corrected chi connectivity index (χ4v) is 3.45. The normalized spacial score (nSPS) is 15.0. The SMILES string of the molecule is FC(F)(F)C(F)(F)C(F)(F)C(F)(F)C(F)(F)C(F)(F)C(F)(F)C(F)(F)c1cc(Cl)ccc1Cc1ccc(Cl)cc1. The molecule has 2 aromatic carbocycles. The molecule has 0 amide bonds. The maximum Gasteiger partial charge on any atom is 0.460 e. The second-order valence-electron chi connectivity index (χ2n) is 8.12. The third-order valence-corrected chi connectivity index (χ3v) is 5.93. The maximum atomic E-state index is 14.9. The average molecular weight is 655 g/mol. The van der Waals surface area contributed by atoms with Crippen LogP contribution in [0.15, 0.2) is 42.5 Å². The quantitative estimate of drug-likeness (QED) is 0.236. The lowest BCUT2D eigenvalue weighted by Crippen LogP contribution is -2.74. The van der Waals surface area contributed by atoms with Crippen LogP contribution in [0.1, 0.15) is 16.7 Å². The molecule has 0 aliphatic heterocycles. The van der Waals surface area contributed by atoms with E-state index in [4.69, 9.17) is 23.2 Å². The van der Waals surface area contributed by atoms with E-state index < -0.39 is 70.2 Å². The molecular weight excluding hydrogens is 646 g/mol. The molecule has 226 valence electrons. The van der Waals surface area contributed by atoms with Gasteiger partial charge in [0.25, 0.3) is 0 Å². The van der Waals surface area contributed by atoms with Crippen LogP contribution in [0.2, 0.25) is 10.0 Å². The van der Waals surface area contributed by atoms with Gasteiger partial charge in [-0.15, -0.1) is 0 Å². The van der Waals surface area contributed by atoms with Crippen LogP contribution in [0.25, 0.3) is 0 Å². The minimum Gasteiger partial charge on any atom is -0.194 e. The van der Waals surface area contributed by atoms with Crippen LogP contribution in [0.3, 0.4) is 0 Å². The zero-order valence-electron chi connectivity index (χ0n) is 18.4. The highest BCUT2D eigenvalue weighted by atomic mass is 35.5. The highest BCUT2D eigenvalue weighted by Gasteiger charge is 2.95. The maximum absolute atomic E-state index is 14.9. The zero-order chi connectivity index (χ0) is 31.5. The number of halogens is 19. The van der Waals surface area contributed by atoms with Crippen molar-refractivity contribution in [2.75, 3.05) is 0 Å². The van der Waals surface area contributed by atoms with Crippen LogP contribution in [0.5, 0.6) is 0 Å². The van der Waals surface area contributed by atoms with E-state index in [1.54, 1.807) is 0 Å². The van der Waals surface area contributed by atoms with Crippen molar-refractivity contribution in [3.05, 3.63) is 69.2 Å². The smallest absolute Gasteiger partial charge is 0.194 e. The molecule has 0 fully saturated rings. The van der Waals surface area contributed by atoms with Gasteiger partial charge in [-0.1, -0.05) is 41.4 Å². The first-order chi connectivity index (χ1) is 17.6. The molecule has 0 aliphatic rings. The molecule has 0 aliphatic carbocycles. The first kappa shape index (κ1) is 34.0. The van der Waals surface area contributed by atoms with Crippen molar-refractivity contribution < 1.29 is 74.6 Å². The molecule has 0 nitrogen and oxygen atoms in total. The van der Waals surface area contributed by atoms with E-state index in [2.05, 4.69) is 0 Å². The van der Waals surface area contributed by atoms with Crippen molar-refractivity contribution in [2.24, 2.45) is 0 Å². The fourth-order valence-electron chi connectivity index (χ4n) is 3.15. The molecule has 0 heterocycles. The van der Waals surface area contributed by atoms with Crippen molar-refractivity contribution in [1.82, 2.24) is 0 Å². The summed E-state index contributed by atoms with van der Waals surface area (Å²) < 4.78 is 232. The van der Waals surface area contributed by atoms with Crippen LogP contribution in [0.4, 0.5) is 74.6 Å². The Balaban J connectivity index is 2.71. The monoisotopic (exact) mass is 654 g/mol. The van der Waals surface area contributed by atoms with Gasteiger partial charge in [0, 0.05) is 15.6 Å². The van der Waals surface area contributed by atoms with Gasteiger partial charge in [0.05, 0.1) is 0 Å². The summed E-state index contributed by atoms with van der Waals surface area (Å²) in [5, 5.41) is -0.880. The molecular formula is C21H9Cl2F17. The van der Waals surface area contributed by atoms with Gasteiger partial charge in [0.1, 0.15) is 0 Å². The van der Waals surface area contributed by atoms with Crippen LogP contribution in [-0.4, -0.2) is 41.7 Å². The molecule has 40 heavy (non-hydrogen) atoms.